The molecule has 1 aliphatic rings. The molecule has 0 spiro atoms. The van der Waals surface area contributed by atoms with Crippen LogP contribution in [0.25, 0.3) is 11.1 Å². The molecule has 0 saturated heterocycles. The van der Waals surface area contributed by atoms with Gasteiger partial charge in [-0.1, -0.05) is 55.0 Å². The molecule has 0 aliphatic heterocycles. The van der Waals surface area contributed by atoms with Crippen LogP contribution in [0, 0.1) is 6.92 Å². The van der Waals surface area contributed by atoms with E-state index in [9.17, 15) is 0 Å². The summed E-state index contributed by atoms with van der Waals surface area (Å²) in [6.07, 6.45) is 12.5. The zero-order valence-corrected chi connectivity index (χ0v) is 14.7. The minimum absolute atomic E-state index is 1.09. The summed E-state index contributed by atoms with van der Waals surface area (Å²) in [5.74, 6) is 0. The first-order valence-electron chi connectivity index (χ1n) is 8.39. The van der Waals surface area contributed by atoms with Gasteiger partial charge < -0.3 is 0 Å². The first kappa shape index (κ1) is 16.5. The Morgan fingerprint density at radius 3 is 2.59 bits per heavy atom. The van der Waals surface area contributed by atoms with Crippen LogP contribution in [0.3, 0.4) is 0 Å². The van der Waals surface area contributed by atoms with Gasteiger partial charge in [-0.3, -0.25) is 0 Å². The molecule has 0 radical (unpaired) electrons. The number of rotatable bonds is 4. The van der Waals surface area contributed by atoms with E-state index < -0.39 is 0 Å². The van der Waals surface area contributed by atoms with E-state index in [0.29, 0.717) is 0 Å². The zero-order chi connectivity index (χ0) is 16.1. The lowest BCUT2D eigenvalue weighted by atomic mass is 9.86. The van der Waals surface area contributed by atoms with Gasteiger partial charge in [0.05, 0.1) is 0 Å². The summed E-state index contributed by atoms with van der Waals surface area (Å²) in [7, 11) is 0. The standard InChI is InChI=1S/C22H28/c1-6-10-17(4)19-13-14-21(18(5)15-19)22-12-9-8-11-20(22)16(3)7-2/h7,9-10,12-15H,6,8,11H2,1-5H3. The number of aryl methyl sites for hydroxylation is 1. The van der Waals surface area contributed by atoms with Gasteiger partial charge in [0.25, 0.3) is 0 Å². The predicted octanol–water partition coefficient (Wildman–Crippen LogP) is 6.88. The molecule has 0 nitrogen and oxygen atoms in total. The van der Waals surface area contributed by atoms with Gasteiger partial charge in [0.15, 0.2) is 0 Å². The molecule has 1 aromatic rings. The van der Waals surface area contributed by atoms with Gasteiger partial charge in [-0.25, -0.2) is 0 Å². The van der Waals surface area contributed by atoms with E-state index in [0.717, 1.165) is 19.3 Å². The van der Waals surface area contributed by atoms with Crippen LogP contribution in [0.5, 0.6) is 0 Å². The summed E-state index contributed by atoms with van der Waals surface area (Å²) in [5.41, 5.74) is 9.77. The maximum atomic E-state index is 2.33. The SMILES string of the molecule is CC=C(C)C1=C(c2ccc(C(C)=CCC)cc2C)C=CCC1. The second-order valence-corrected chi connectivity index (χ2v) is 6.13. The molecule has 0 fully saturated rings. The minimum atomic E-state index is 1.09. The Hall–Kier alpha value is -1.82. The molecule has 22 heavy (non-hydrogen) atoms. The van der Waals surface area contributed by atoms with Crippen molar-refractivity contribution in [3.05, 3.63) is 70.3 Å². The van der Waals surface area contributed by atoms with Crippen LogP contribution in [-0.2, 0) is 0 Å². The topological polar surface area (TPSA) is 0 Å². The summed E-state index contributed by atoms with van der Waals surface area (Å²) >= 11 is 0. The van der Waals surface area contributed by atoms with Crippen molar-refractivity contribution >= 4 is 11.1 Å². The molecular weight excluding hydrogens is 264 g/mol. The molecule has 0 heterocycles. The van der Waals surface area contributed by atoms with Crippen LogP contribution >= 0.6 is 0 Å². The van der Waals surface area contributed by atoms with Crippen molar-refractivity contribution in [2.24, 2.45) is 0 Å². The Morgan fingerprint density at radius 2 is 1.95 bits per heavy atom. The Bertz CT molecular complexity index is 663. The van der Waals surface area contributed by atoms with Crippen molar-refractivity contribution in [2.45, 2.75) is 53.9 Å². The number of allylic oxidation sites excluding steroid dienone is 8. The third kappa shape index (κ3) is 3.50. The Morgan fingerprint density at radius 1 is 1.18 bits per heavy atom. The van der Waals surface area contributed by atoms with Gasteiger partial charge in [-0.15, -0.1) is 0 Å². The summed E-state index contributed by atoms with van der Waals surface area (Å²) in [6.45, 7) is 11.0. The highest BCUT2D eigenvalue weighted by Crippen LogP contribution is 2.34. The lowest BCUT2D eigenvalue weighted by molar-refractivity contribution is 0.972. The molecule has 0 heteroatoms. The summed E-state index contributed by atoms with van der Waals surface area (Å²) in [5, 5.41) is 0. The maximum absolute atomic E-state index is 2.33. The lowest BCUT2D eigenvalue weighted by Gasteiger charge is -2.19. The van der Waals surface area contributed by atoms with Crippen molar-refractivity contribution < 1.29 is 0 Å². The Labute approximate surface area is 136 Å². The zero-order valence-electron chi connectivity index (χ0n) is 14.7. The third-order valence-electron chi connectivity index (χ3n) is 4.56. The number of hydrogen-bond donors (Lipinski definition) is 0. The highest BCUT2D eigenvalue weighted by atomic mass is 14.2. The van der Waals surface area contributed by atoms with Crippen LogP contribution in [0.1, 0.15) is 63.6 Å². The summed E-state index contributed by atoms with van der Waals surface area (Å²) < 4.78 is 0. The normalized spacial score (nSPS) is 16.4. The van der Waals surface area contributed by atoms with Crippen molar-refractivity contribution in [1.29, 1.82) is 0 Å². The summed E-state index contributed by atoms with van der Waals surface area (Å²) in [4.78, 5) is 0. The van der Waals surface area contributed by atoms with E-state index in [1.165, 1.54) is 39.0 Å². The van der Waals surface area contributed by atoms with Gasteiger partial charge in [0.1, 0.15) is 0 Å². The van der Waals surface area contributed by atoms with E-state index in [4.69, 9.17) is 0 Å². The van der Waals surface area contributed by atoms with Crippen LogP contribution in [0.15, 0.2) is 53.6 Å². The van der Waals surface area contributed by atoms with Gasteiger partial charge >= 0.3 is 0 Å². The molecule has 0 atom stereocenters. The lowest BCUT2D eigenvalue weighted by Crippen LogP contribution is -1.99. The molecule has 0 N–H and O–H groups in total. The van der Waals surface area contributed by atoms with Crippen LogP contribution in [0.2, 0.25) is 0 Å². The van der Waals surface area contributed by atoms with Crippen molar-refractivity contribution in [2.75, 3.05) is 0 Å². The maximum Gasteiger partial charge on any atom is -0.0150 e. The van der Waals surface area contributed by atoms with E-state index in [-0.39, 0.29) is 0 Å². The Kier molecular flexibility index (Phi) is 5.60. The van der Waals surface area contributed by atoms with E-state index in [1.54, 1.807) is 0 Å². The smallest absolute Gasteiger partial charge is 0.0150 e. The predicted molar refractivity (Wildman–Crippen MR) is 99.8 cm³/mol. The fraction of sp³-hybridized carbons (Fsp3) is 0.364. The van der Waals surface area contributed by atoms with Crippen LogP contribution < -0.4 is 0 Å². The molecule has 0 amide bonds. The first-order valence-corrected chi connectivity index (χ1v) is 8.39. The fourth-order valence-electron chi connectivity index (χ4n) is 3.14. The second-order valence-electron chi connectivity index (χ2n) is 6.13. The largest absolute Gasteiger partial charge is 0.0844 e. The molecule has 2 rings (SSSR count). The molecule has 0 unspecified atom stereocenters. The van der Waals surface area contributed by atoms with Crippen LogP contribution in [-0.4, -0.2) is 0 Å². The quantitative estimate of drug-likeness (QED) is 0.567. The summed E-state index contributed by atoms with van der Waals surface area (Å²) in [6, 6.07) is 6.89. The number of hydrogen-bond acceptors (Lipinski definition) is 0. The van der Waals surface area contributed by atoms with E-state index in [2.05, 4.69) is 77.1 Å². The van der Waals surface area contributed by atoms with Gasteiger partial charge in [-0.2, -0.15) is 0 Å². The van der Waals surface area contributed by atoms with Gasteiger partial charge in [0.2, 0.25) is 0 Å². The fourth-order valence-corrected chi connectivity index (χ4v) is 3.14. The molecule has 0 bridgehead atoms. The molecule has 116 valence electrons. The van der Waals surface area contributed by atoms with Crippen LogP contribution in [0.4, 0.5) is 0 Å². The molecule has 1 aliphatic carbocycles. The second kappa shape index (κ2) is 7.45. The molecule has 0 saturated carbocycles. The first-order chi connectivity index (χ1) is 10.6. The minimum Gasteiger partial charge on any atom is -0.0844 e. The highest BCUT2D eigenvalue weighted by molar-refractivity contribution is 5.83. The van der Waals surface area contributed by atoms with E-state index in [1.807, 2.05) is 0 Å². The van der Waals surface area contributed by atoms with Gasteiger partial charge in [-0.05, 0) is 80.4 Å². The monoisotopic (exact) mass is 292 g/mol. The van der Waals surface area contributed by atoms with E-state index >= 15 is 0 Å². The Balaban J connectivity index is 2.50. The van der Waals surface area contributed by atoms with Crippen molar-refractivity contribution in [3.63, 3.8) is 0 Å². The van der Waals surface area contributed by atoms with Crippen molar-refractivity contribution in [1.82, 2.24) is 0 Å². The van der Waals surface area contributed by atoms with Crippen molar-refractivity contribution in [3.8, 4) is 0 Å². The molecular formula is C22H28. The molecule has 1 aromatic carbocycles. The highest BCUT2D eigenvalue weighted by Gasteiger charge is 2.13. The number of benzene rings is 1. The molecule has 0 aromatic heterocycles. The average molecular weight is 292 g/mol. The van der Waals surface area contributed by atoms with Gasteiger partial charge in [0, 0.05) is 0 Å². The average Bonchev–Trinajstić information content (AvgIpc) is 2.54. The third-order valence-corrected chi connectivity index (χ3v) is 4.56.